The third-order valence-corrected chi connectivity index (χ3v) is 3.99. The molecule has 1 aliphatic rings. The molecule has 2 atom stereocenters. The highest BCUT2D eigenvalue weighted by molar-refractivity contribution is 5.70. The molecule has 1 heterocycles. The van der Waals surface area contributed by atoms with Gasteiger partial charge >= 0.3 is 6.09 Å². The van der Waals surface area contributed by atoms with Crippen molar-refractivity contribution in [1.29, 1.82) is 0 Å². The second-order valence-corrected chi connectivity index (χ2v) is 5.61. The molecule has 3 rings (SSSR count). The topological polar surface area (TPSA) is 49.8 Å². The number of ether oxygens (including phenoxy) is 1. The van der Waals surface area contributed by atoms with E-state index in [1.165, 1.54) is 0 Å². The van der Waals surface area contributed by atoms with Crippen LogP contribution in [0.2, 0.25) is 0 Å². The predicted octanol–water partition coefficient (Wildman–Crippen LogP) is 3.05. The Bertz CT molecular complexity index is 639. The first-order valence-corrected chi connectivity index (χ1v) is 7.37. The van der Waals surface area contributed by atoms with Crippen LogP contribution in [0, 0.1) is 6.92 Å². The molecule has 1 fully saturated rings. The van der Waals surface area contributed by atoms with Crippen molar-refractivity contribution >= 4 is 6.09 Å². The highest BCUT2D eigenvalue weighted by Gasteiger charge is 2.38. The van der Waals surface area contributed by atoms with Crippen molar-refractivity contribution in [3.63, 3.8) is 0 Å². The van der Waals surface area contributed by atoms with Crippen LogP contribution < -0.4 is 0 Å². The minimum atomic E-state index is -0.754. The van der Waals surface area contributed by atoms with E-state index < -0.39 is 6.10 Å². The highest BCUT2D eigenvalue weighted by Crippen LogP contribution is 2.27. The van der Waals surface area contributed by atoms with Crippen LogP contribution in [0.4, 0.5) is 4.79 Å². The fourth-order valence-corrected chi connectivity index (χ4v) is 2.67. The van der Waals surface area contributed by atoms with Crippen LogP contribution >= 0.6 is 0 Å². The molecule has 4 heteroatoms. The Morgan fingerprint density at radius 3 is 2.55 bits per heavy atom. The normalized spacial score (nSPS) is 19.1. The number of nitrogens with zero attached hydrogens (tertiary/aromatic N) is 1. The van der Waals surface area contributed by atoms with Gasteiger partial charge in [0.05, 0.1) is 6.04 Å². The Morgan fingerprint density at radius 1 is 1.18 bits per heavy atom. The van der Waals surface area contributed by atoms with Crippen LogP contribution in [0.5, 0.6) is 0 Å². The van der Waals surface area contributed by atoms with Crippen molar-refractivity contribution in [2.75, 3.05) is 6.61 Å². The summed E-state index contributed by atoms with van der Waals surface area (Å²) in [4.78, 5) is 13.6. The zero-order chi connectivity index (χ0) is 15.5. The second-order valence-electron chi connectivity index (χ2n) is 5.61. The van der Waals surface area contributed by atoms with Gasteiger partial charge in [0, 0.05) is 6.54 Å². The van der Waals surface area contributed by atoms with E-state index in [0.29, 0.717) is 6.54 Å². The Kier molecular flexibility index (Phi) is 4.11. The zero-order valence-electron chi connectivity index (χ0n) is 12.5. The average molecular weight is 297 g/mol. The Labute approximate surface area is 130 Å². The maximum atomic E-state index is 12.0. The lowest BCUT2D eigenvalue weighted by Crippen LogP contribution is -2.37. The SMILES string of the molecule is Cc1ccc([C@H](O)[C@H]2COC(=O)N2Cc2ccccc2)cc1. The standard InChI is InChI=1S/C18H19NO3/c1-13-7-9-15(10-8-13)17(20)16-12-22-18(21)19(16)11-14-5-3-2-4-6-14/h2-10,16-17,20H,11-12H2,1H3/t16-,17+/m1/s1. The third kappa shape index (κ3) is 2.97. The van der Waals surface area contributed by atoms with Gasteiger partial charge in [-0.1, -0.05) is 60.2 Å². The van der Waals surface area contributed by atoms with Crippen LogP contribution in [-0.4, -0.2) is 28.7 Å². The van der Waals surface area contributed by atoms with Crippen molar-refractivity contribution < 1.29 is 14.6 Å². The van der Waals surface area contributed by atoms with E-state index in [0.717, 1.165) is 16.7 Å². The van der Waals surface area contributed by atoms with Gasteiger partial charge in [-0.05, 0) is 18.1 Å². The third-order valence-electron chi connectivity index (χ3n) is 3.99. The smallest absolute Gasteiger partial charge is 0.410 e. The zero-order valence-corrected chi connectivity index (χ0v) is 12.5. The van der Waals surface area contributed by atoms with Crippen LogP contribution in [0.15, 0.2) is 54.6 Å². The molecule has 1 amide bonds. The van der Waals surface area contributed by atoms with Gasteiger partial charge in [0.15, 0.2) is 0 Å². The molecule has 1 aliphatic heterocycles. The predicted molar refractivity (Wildman–Crippen MR) is 83.3 cm³/mol. The number of hydrogen-bond acceptors (Lipinski definition) is 3. The first-order chi connectivity index (χ1) is 10.6. The van der Waals surface area contributed by atoms with Gasteiger partial charge in [-0.2, -0.15) is 0 Å². The molecule has 0 radical (unpaired) electrons. The fraction of sp³-hybridized carbons (Fsp3) is 0.278. The molecule has 114 valence electrons. The molecule has 4 nitrogen and oxygen atoms in total. The minimum absolute atomic E-state index is 0.209. The summed E-state index contributed by atoms with van der Waals surface area (Å²) >= 11 is 0. The summed E-state index contributed by atoms with van der Waals surface area (Å²) in [7, 11) is 0. The summed E-state index contributed by atoms with van der Waals surface area (Å²) in [5, 5.41) is 10.6. The number of amides is 1. The highest BCUT2D eigenvalue weighted by atomic mass is 16.6. The first kappa shape index (κ1) is 14.6. The molecule has 1 N–H and O–H groups in total. The molecule has 0 aliphatic carbocycles. The van der Waals surface area contributed by atoms with E-state index >= 15 is 0 Å². The number of aliphatic hydroxyl groups excluding tert-OH is 1. The molecular formula is C18H19NO3. The average Bonchev–Trinajstić information content (AvgIpc) is 2.89. The van der Waals surface area contributed by atoms with Crippen LogP contribution in [-0.2, 0) is 11.3 Å². The van der Waals surface area contributed by atoms with Crippen LogP contribution in [0.25, 0.3) is 0 Å². The monoisotopic (exact) mass is 297 g/mol. The van der Waals surface area contributed by atoms with E-state index in [2.05, 4.69) is 0 Å². The lowest BCUT2D eigenvalue weighted by molar-refractivity contribution is 0.0834. The van der Waals surface area contributed by atoms with Crippen molar-refractivity contribution in [1.82, 2.24) is 4.90 Å². The summed E-state index contributed by atoms with van der Waals surface area (Å²) in [6.45, 7) is 2.65. The number of aryl methyl sites for hydroxylation is 1. The molecule has 22 heavy (non-hydrogen) atoms. The van der Waals surface area contributed by atoms with Gasteiger partial charge in [0.25, 0.3) is 0 Å². The molecule has 0 saturated carbocycles. The minimum Gasteiger partial charge on any atom is -0.447 e. The van der Waals surface area contributed by atoms with Crippen molar-refractivity contribution in [2.24, 2.45) is 0 Å². The molecule has 2 aromatic carbocycles. The van der Waals surface area contributed by atoms with Gasteiger partial charge in [-0.25, -0.2) is 4.79 Å². The number of cyclic esters (lactones) is 1. The largest absolute Gasteiger partial charge is 0.447 e. The summed E-state index contributed by atoms with van der Waals surface area (Å²) in [5.74, 6) is 0. The number of hydrogen-bond donors (Lipinski definition) is 1. The number of benzene rings is 2. The summed E-state index contributed by atoms with van der Waals surface area (Å²) < 4.78 is 5.14. The van der Waals surface area contributed by atoms with Gasteiger partial charge < -0.3 is 9.84 Å². The quantitative estimate of drug-likeness (QED) is 0.943. The molecule has 0 unspecified atom stereocenters. The maximum absolute atomic E-state index is 12.0. The lowest BCUT2D eigenvalue weighted by atomic mass is 10.0. The van der Waals surface area contributed by atoms with Gasteiger partial charge in [-0.15, -0.1) is 0 Å². The molecule has 1 saturated heterocycles. The molecule has 0 spiro atoms. The van der Waals surface area contributed by atoms with Gasteiger partial charge in [-0.3, -0.25) is 4.90 Å². The fourth-order valence-electron chi connectivity index (χ4n) is 2.67. The number of carbonyl (C=O) groups is 1. The van der Waals surface area contributed by atoms with Gasteiger partial charge in [0.2, 0.25) is 0 Å². The molecular weight excluding hydrogens is 278 g/mol. The maximum Gasteiger partial charge on any atom is 0.410 e. The number of aliphatic hydroxyl groups is 1. The molecule has 2 aromatic rings. The Morgan fingerprint density at radius 2 is 1.86 bits per heavy atom. The molecule has 0 aromatic heterocycles. The summed E-state index contributed by atoms with van der Waals surface area (Å²) in [6.07, 6.45) is -1.13. The van der Waals surface area contributed by atoms with E-state index in [1.54, 1.807) is 4.90 Å². The lowest BCUT2D eigenvalue weighted by Gasteiger charge is -2.26. The van der Waals surface area contributed by atoms with Crippen LogP contribution in [0.1, 0.15) is 22.8 Å². The van der Waals surface area contributed by atoms with E-state index in [4.69, 9.17) is 4.74 Å². The van der Waals surface area contributed by atoms with E-state index in [1.807, 2.05) is 61.5 Å². The van der Waals surface area contributed by atoms with Crippen molar-refractivity contribution in [3.05, 3.63) is 71.3 Å². The first-order valence-electron chi connectivity index (χ1n) is 7.37. The number of rotatable bonds is 4. The Hall–Kier alpha value is -2.33. The van der Waals surface area contributed by atoms with Crippen molar-refractivity contribution in [3.8, 4) is 0 Å². The van der Waals surface area contributed by atoms with Crippen LogP contribution in [0.3, 0.4) is 0 Å². The van der Waals surface area contributed by atoms with Gasteiger partial charge in [0.1, 0.15) is 12.7 Å². The van der Waals surface area contributed by atoms with Crippen molar-refractivity contribution in [2.45, 2.75) is 25.6 Å². The van der Waals surface area contributed by atoms with E-state index in [9.17, 15) is 9.90 Å². The number of carbonyl (C=O) groups excluding carboxylic acids is 1. The molecule has 0 bridgehead atoms. The van der Waals surface area contributed by atoms with E-state index in [-0.39, 0.29) is 18.7 Å². The second kappa shape index (κ2) is 6.20. The summed E-state index contributed by atoms with van der Waals surface area (Å²) in [5.41, 5.74) is 2.95. The Balaban J connectivity index is 1.79. The summed E-state index contributed by atoms with van der Waals surface area (Å²) in [6, 6.07) is 17.1.